The Morgan fingerprint density at radius 3 is 2.52 bits per heavy atom. The molecule has 112 valence electrons. The van der Waals surface area contributed by atoms with Gasteiger partial charge in [0.2, 0.25) is 0 Å². The van der Waals surface area contributed by atoms with Crippen molar-refractivity contribution in [1.29, 1.82) is 0 Å². The number of hydrogen-bond acceptors (Lipinski definition) is 2. The second kappa shape index (κ2) is 7.48. The molecule has 0 atom stereocenters. The molecule has 0 aliphatic heterocycles. The van der Waals surface area contributed by atoms with Gasteiger partial charge < -0.3 is 10.1 Å². The Balaban J connectivity index is 2.23. The summed E-state index contributed by atoms with van der Waals surface area (Å²) in [6.07, 6.45) is 0.173. The zero-order valence-electron chi connectivity index (χ0n) is 12.8. The Labute approximate surface area is 132 Å². The van der Waals surface area contributed by atoms with Crippen LogP contribution < -0.4 is 10.1 Å². The van der Waals surface area contributed by atoms with Gasteiger partial charge in [-0.15, -0.1) is 0 Å². The van der Waals surface area contributed by atoms with Crippen LogP contribution in [0.15, 0.2) is 42.5 Å². The zero-order valence-corrected chi connectivity index (χ0v) is 13.6. The molecule has 0 heterocycles. The van der Waals surface area contributed by atoms with E-state index in [2.05, 4.69) is 36.5 Å². The van der Waals surface area contributed by atoms with Gasteiger partial charge in [0.1, 0.15) is 5.75 Å². The molecule has 0 radical (unpaired) electrons. The van der Waals surface area contributed by atoms with E-state index >= 15 is 0 Å². The van der Waals surface area contributed by atoms with Crippen molar-refractivity contribution >= 4 is 11.6 Å². The average Bonchev–Trinajstić information content (AvgIpc) is 2.45. The minimum absolute atomic E-state index is 0.173. The summed E-state index contributed by atoms with van der Waals surface area (Å²) in [5, 5.41) is 4.09. The van der Waals surface area contributed by atoms with Crippen LogP contribution in [0.5, 0.6) is 5.75 Å². The Hall–Kier alpha value is -1.51. The van der Waals surface area contributed by atoms with E-state index in [1.54, 1.807) is 0 Å². The highest BCUT2D eigenvalue weighted by Gasteiger charge is 2.05. The largest absolute Gasteiger partial charge is 0.491 e. The van der Waals surface area contributed by atoms with Gasteiger partial charge in [-0.25, -0.2) is 0 Å². The smallest absolute Gasteiger partial charge is 0.120 e. The number of benzene rings is 2. The van der Waals surface area contributed by atoms with Crippen molar-refractivity contribution in [2.24, 2.45) is 0 Å². The molecule has 2 rings (SSSR count). The van der Waals surface area contributed by atoms with Gasteiger partial charge in [0.05, 0.1) is 6.10 Å². The van der Waals surface area contributed by atoms with Crippen LogP contribution in [0.4, 0.5) is 0 Å². The molecule has 0 aromatic heterocycles. The van der Waals surface area contributed by atoms with Crippen molar-refractivity contribution in [3.63, 3.8) is 0 Å². The van der Waals surface area contributed by atoms with Crippen molar-refractivity contribution < 1.29 is 4.74 Å². The van der Waals surface area contributed by atoms with E-state index in [0.29, 0.717) is 0 Å². The molecule has 0 spiro atoms. The summed E-state index contributed by atoms with van der Waals surface area (Å²) in [6, 6.07) is 14.3. The molecule has 0 bridgehead atoms. The van der Waals surface area contributed by atoms with Crippen molar-refractivity contribution in [1.82, 2.24) is 5.32 Å². The van der Waals surface area contributed by atoms with E-state index in [4.69, 9.17) is 16.3 Å². The van der Waals surface area contributed by atoms with Gasteiger partial charge in [0, 0.05) is 11.6 Å². The summed E-state index contributed by atoms with van der Waals surface area (Å²) < 4.78 is 5.74. The highest BCUT2D eigenvalue weighted by atomic mass is 35.5. The lowest BCUT2D eigenvalue weighted by atomic mass is 10.0. The molecule has 2 aromatic rings. The van der Waals surface area contributed by atoms with Crippen molar-refractivity contribution in [2.75, 3.05) is 6.54 Å². The fraction of sp³-hybridized carbons (Fsp3) is 0.333. The first kappa shape index (κ1) is 15.9. The van der Waals surface area contributed by atoms with Gasteiger partial charge in [0.15, 0.2) is 0 Å². The van der Waals surface area contributed by atoms with Crippen LogP contribution in [0.1, 0.15) is 26.3 Å². The highest BCUT2D eigenvalue weighted by Crippen LogP contribution is 2.28. The molecule has 0 unspecified atom stereocenters. The Bertz CT molecular complexity index is 596. The van der Waals surface area contributed by atoms with E-state index in [0.717, 1.165) is 40.6 Å². The maximum atomic E-state index is 6.37. The molecule has 2 nitrogen and oxygen atoms in total. The van der Waals surface area contributed by atoms with Gasteiger partial charge in [-0.1, -0.05) is 42.8 Å². The fourth-order valence-corrected chi connectivity index (χ4v) is 2.40. The Morgan fingerprint density at radius 1 is 1.10 bits per heavy atom. The first-order chi connectivity index (χ1) is 10.1. The summed E-state index contributed by atoms with van der Waals surface area (Å²) in [6.45, 7) is 7.87. The van der Waals surface area contributed by atoms with Crippen LogP contribution in [0.2, 0.25) is 5.02 Å². The summed E-state index contributed by atoms with van der Waals surface area (Å²) in [4.78, 5) is 0. The summed E-state index contributed by atoms with van der Waals surface area (Å²) in [7, 11) is 0. The zero-order chi connectivity index (χ0) is 15.2. The van der Waals surface area contributed by atoms with E-state index in [1.807, 2.05) is 32.0 Å². The van der Waals surface area contributed by atoms with Crippen molar-refractivity contribution in [3.8, 4) is 16.9 Å². The lowest BCUT2D eigenvalue weighted by Gasteiger charge is -2.12. The van der Waals surface area contributed by atoms with E-state index in [1.165, 1.54) is 0 Å². The van der Waals surface area contributed by atoms with Crippen LogP contribution in [-0.2, 0) is 6.54 Å². The van der Waals surface area contributed by atoms with Crippen LogP contribution in [-0.4, -0.2) is 12.6 Å². The van der Waals surface area contributed by atoms with Crippen LogP contribution in [0, 0.1) is 0 Å². The number of rotatable bonds is 6. The Kier molecular flexibility index (Phi) is 5.66. The quantitative estimate of drug-likeness (QED) is 0.819. The topological polar surface area (TPSA) is 21.3 Å². The molecule has 0 amide bonds. The highest BCUT2D eigenvalue weighted by molar-refractivity contribution is 6.31. The molecule has 2 aromatic carbocycles. The fourth-order valence-electron chi connectivity index (χ4n) is 2.15. The van der Waals surface area contributed by atoms with Crippen LogP contribution in [0.25, 0.3) is 11.1 Å². The second-order valence-corrected chi connectivity index (χ2v) is 5.69. The molecule has 0 aliphatic carbocycles. The van der Waals surface area contributed by atoms with Gasteiger partial charge >= 0.3 is 0 Å². The molecule has 0 saturated heterocycles. The first-order valence-corrected chi connectivity index (χ1v) is 7.74. The third kappa shape index (κ3) is 4.48. The first-order valence-electron chi connectivity index (χ1n) is 7.36. The monoisotopic (exact) mass is 303 g/mol. The molecule has 3 heteroatoms. The van der Waals surface area contributed by atoms with Gasteiger partial charge in [-0.3, -0.25) is 0 Å². The van der Waals surface area contributed by atoms with Crippen molar-refractivity contribution in [3.05, 3.63) is 53.1 Å². The average molecular weight is 304 g/mol. The normalized spacial score (nSPS) is 10.9. The van der Waals surface area contributed by atoms with E-state index < -0.39 is 0 Å². The third-order valence-corrected chi connectivity index (χ3v) is 3.51. The Morgan fingerprint density at radius 2 is 1.86 bits per heavy atom. The maximum Gasteiger partial charge on any atom is 0.120 e. The number of halogens is 1. The minimum Gasteiger partial charge on any atom is -0.491 e. The van der Waals surface area contributed by atoms with Gasteiger partial charge in [-0.05, 0) is 55.3 Å². The van der Waals surface area contributed by atoms with Gasteiger partial charge in [0.25, 0.3) is 0 Å². The van der Waals surface area contributed by atoms with E-state index in [-0.39, 0.29) is 6.10 Å². The molecule has 0 saturated carbocycles. The molecule has 0 aliphatic rings. The molecule has 1 N–H and O–H groups in total. The number of hydrogen-bond donors (Lipinski definition) is 1. The molecule has 0 fully saturated rings. The predicted octanol–water partition coefficient (Wildman–Crippen LogP) is 4.90. The van der Waals surface area contributed by atoms with Crippen molar-refractivity contribution in [2.45, 2.75) is 33.4 Å². The van der Waals surface area contributed by atoms with E-state index in [9.17, 15) is 0 Å². The lowest BCUT2D eigenvalue weighted by Crippen LogP contribution is -2.11. The molecular weight excluding hydrogens is 282 g/mol. The number of ether oxygens (including phenoxy) is 1. The molecular formula is C18H22ClNO. The maximum absolute atomic E-state index is 6.37. The standard InChI is InChI=1S/C18H22ClNO/c1-4-20-12-16-9-8-15(11-18(16)19)14-6-5-7-17(10-14)21-13(2)3/h5-11,13,20H,4,12H2,1-3H3. The summed E-state index contributed by atoms with van der Waals surface area (Å²) in [5.41, 5.74) is 3.34. The van der Waals surface area contributed by atoms with Gasteiger partial charge in [-0.2, -0.15) is 0 Å². The van der Waals surface area contributed by atoms with Crippen LogP contribution in [0.3, 0.4) is 0 Å². The SMILES string of the molecule is CCNCc1ccc(-c2cccc(OC(C)C)c2)cc1Cl. The van der Waals surface area contributed by atoms with Crippen LogP contribution >= 0.6 is 11.6 Å². The predicted molar refractivity (Wildman–Crippen MR) is 90.0 cm³/mol. The summed E-state index contributed by atoms with van der Waals surface area (Å²) in [5.74, 6) is 0.885. The summed E-state index contributed by atoms with van der Waals surface area (Å²) >= 11 is 6.37. The lowest BCUT2D eigenvalue weighted by molar-refractivity contribution is 0.242. The number of nitrogens with one attached hydrogen (secondary N) is 1. The third-order valence-electron chi connectivity index (χ3n) is 3.16. The second-order valence-electron chi connectivity index (χ2n) is 5.28. The minimum atomic E-state index is 0.173. The molecule has 21 heavy (non-hydrogen) atoms.